The fourth-order valence-electron chi connectivity index (χ4n) is 0.917. The number of unbranched alkanes of at least 4 members (excludes halogenated alkanes) is 2. The molecule has 5 N–H and O–H groups in total. The first-order valence-corrected chi connectivity index (χ1v) is 4.92. The van der Waals surface area contributed by atoms with Crippen LogP contribution in [0.5, 0.6) is 0 Å². The SMILES string of the molecule is CCCCCC(CN)=NNC(N)=S. The summed E-state index contributed by atoms with van der Waals surface area (Å²) in [6.45, 7) is 2.62. The first kappa shape index (κ1) is 12.3. The molecule has 0 unspecified atom stereocenters. The second kappa shape index (κ2) is 7.94. The van der Waals surface area contributed by atoms with E-state index >= 15 is 0 Å². The van der Waals surface area contributed by atoms with Crippen LogP contribution in [-0.2, 0) is 0 Å². The topological polar surface area (TPSA) is 76.4 Å². The summed E-state index contributed by atoms with van der Waals surface area (Å²) >= 11 is 4.62. The molecule has 0 aromatic carbocycles. The number of nitrogens with zero attached hydrogens (tertiary/aromatic N) is 1. The van der Waals surface area contributed by atoms with Gasteiger partial charge in [0, 0.05) is 6.54 Å². The highest BCUT2D eigenvalue weighted by atomic mass is 32.1. The number of hydrazone groups is 1. The van der Waals surface area contributed by atoms with Crippen molar-refractivity contribution in [2.45, 2.75) is 32.6 Å². The largest absolute Gasteiger partial charge is 0.375 e. The van der Waals surface area contributed by atoms with E-state index in [1.807, 2.05) is 0 Å². The number of rotatable bonds is 6. The van der Waals surface area contributed by atoms with Gasteiger partial charge >= 0.3 is 0 Å². The number of nitrogens with two attached hydrogens (primary N) is 2. The van der Waals surface area contributed by atoms with Crippen LogP contribution in [0.25, 0.3) is 0 Å². The first-order chi connectivity index (χ1) is 6.20. The van der Waals surface area contributed by atoms with Gasteiger partial charge in [0.25, 0.3) is 0 Å². The number of thiocarbonyl (C=S) groups is 1. The Kier molecular flexibility index (Phi) is 7.53. The predicted octanol–water partition coefficient (Wildman–Crippen LogP) is 0.715. The van der Waals surface area contributed by atoms with Gasteiger partial charge in [-0.3, -0.25) is 5.43 Å². The fourth-order valence-corrected chi connectivity index (χ4v) is 0.962. The van der Waals surface area contributed by atoms with E-state index in [4.69, 9.17) is 11.5 Å². The minimum absolute atomic E-state index is 0.182. The van der Waals surface area contributed by atoms with Crippen LogP contribution >= 0.6 is 12.2 Å². The van der Waals surface area contributed by atoms with Crippen LogP contribution in [0.3, 0.4) is 0 Å². The molecule has 76 valence electrons. The minimum Gasteiger partial charge on any atom is -0.375 e. The van der Waals surface area contributed by atoms with Gasteiger partial charge in [-0.15, -0.1) is 0 Å². The van der Waals surface area contributed by atoms with Crippen molar-refractivity contribution in [2.24, 2.45) is 16.6 Å². The van der Waals surface area contributed by atoms with Crippen molar-refractivity contribution in [2.75, 3.05) is 6.54 Å². The van der Waals surface area contributed by atoms with E-state index in [-0.39, 0.29) is 5.11 Å². The van der Waals surface area contributed by atoms with Crippen molar-refractivity contribution in [3.05, 3.63) is 0 Å². The summed E-state index contributed by atoms with van der Waals surface area (Å²) in [7, 11) is 0. The van der Waals surface area contributed by atoms with E-state index < -0.39 is 0 Å². The summed E-state index contributed by atoms with van der Waals surface area (Å²) in [5.41, 5.74) is 14.2. The standard InChI is InChI=1S/C8H18N4S/c1-2-3-4-5-7(6-9)11-12-8(10)13/h2-6,9H2,1H3,(H3,10,12,13). The Bertz CT molecular complexity index is 179. The van der Waals surface area contributed by atoms with E-state index in [1.165, 1.54) is 12.8 Å². The van der Waals surface area contributed by atoms with Crippen molar-refractivity contribution in [3.63, 3.8) is 0 Å². The van der Waals surface area contributed by atoms with E-state index in [9.17, 15) is 0 Å². The normalized spacial score (nSPS) is 11.4. The maximum absolute atomic E-state index is 5.49. The highest BCUT2D eigenvalue weighted by molar-refractivity contribution is 7.80. The zero-order chi connectivity index (χ0) is 10.1. The van der Waals surface area contributed by atoms with Gasteiger partial charge in [0.15, 0.2) is 5.11 Å². The molecule has 0 saturated heterocycles. The average molecular weight is 202 g/mol. The van der Waals surface area contributed by atoms with E-state index in [0.29, 0.717) is 6.54 Å². The Morgan fingerprint density at radius 2 is 2.15 bits per heavy atom. The van der Waals surface area contributed by atoms with Crippen molar-refractivity contribution < 1.29 is 0 Å². The molecule has 0 amide bonds. The maximum Gasteiger partial charge on any atom is 0.184 e. The van der Waals surface area contributed by atoms with E-state index in [0.717, 1.165) is 18.6 Å². The Hall–Kier alpha value is -0.680. The van der Waals surface area contributed by atoms with Crippen LogP contribution < -0.4 is 16.9 Å². The lowest BCUT2D eigenvalue weighted by Crippen LogP contribution is -2.27. The zero-order valence-electron chi connectivity index (χ0n) is 8.05. The van der Waals surface area contributed by atoms with Crippen molar-refractivity contribution >= 4 is 23.0 Å². The first-order valence-electron chi connectivity index (χ1n) is 4.51. The minimum atomic E-state index is 0.182. The molecule has 0 aromatic rings. The molecule has 0 heterocycles. The van der Waals surface area contributed by atoms with Crippen LogP contribution in [0.1, 0.15) is 32.6 Å². The second-order valence-corrected chi connectivity index (χ2v) is 3.26. The molecule has 0 aliphatic carbocycles. The van der Waals surface area contributed by atoms with Crippen molar-refractivity contribution in [1.29, 1.82) is 0 Å². The zero-order valence-corrected chi connectivity index (χ0v) is 8.86. The van der Waals surface area contributed by atoms with Gasteiger partial charge in [0.1, 0.15) is 0 Å². The molecule has 0 bridgehead atoms. The molecule has 0 spiro atoms. The highest BCUT2D eigenvalue weighted by Gasteiger charge is 1.96. The summed E-state index contributed by atoms with van der Waals surface area (Å²) in [5.74, 6) is 0. The molecule has 0 saturated carbocycles. The molecule has 13 heavy (non-hydrogen) atoms. The molecule has 0 aliphatic rings. The third-order valence-corrected chi connectivity index (χ3v) is 1.72. The molecule has 0 aliphatic heterocycles. The van der Waals surface area contributed by atoms with Gasteiger partial charge in [0.05, 0.1) is 5.71 Å². The molecular weight excluding hydrogens is 184 g/mol. The molecular formula is C8H18N4S. The van der Waals surface area contributed by atoms with Crippen LogP contribution in [0.2, 0.25) is 0 Å². The Morgan fingerprint density at radius 3 is 2.62 bits per heavy atom. The van der Waals surface area contributed by atoms with Crippen LogP contribution in [-0.4, -0.2) is 17.4 Å². The van der Waals surface area contributed by atoms with Crippen LogP contribution in [0.15, 0.2) is 5.10 Å². The summed E-state index contributed by atoms with van der Waals surface area (Å²) in [5, 5.41) is 4.17. The number of hydrogen-bond acceptors (Lipinski definition) is 3. The summed E-state index contributed by atoms with van der Waals surface area (Å²) in [6, 6.07) is 0. The average Bonchev–Trinajstić information content (AvgIpc) is 2.10. The molecule has 0 radical (unpaired) electrons. The number of hydrogen-bond donors (Lipinski definition) is 3. The molecule has 0 fully saturated rings. The second-order valence-electron chi connectivity index (χ2n) is 2.82. The van der Waals surface area contributed by atoms with Gasteiger partial charge < -0.3 is 11.5 Å². The smallest absolute Gasteiger partial charge is 0.184 e. The van der Waals surface area contributed by atoms with Crippen molar-refractivity contribution in [1.82, 2.24) is 5.43 Å². The van der Waals surface area contributed by atoms with Gasteiger partial charge in [-0.2, -0.15) is 5.10 Å². The van der Waals surface area contributed by atoms with E-state index in [2.05, 4.69) is 29.7 Å². The Morgan fingerprint density at radius 1 is 1.46 bits per heavy atom. The summed E-state index contributed by atoms with van der Waals surface area (Å²) in [6.07, 6.45) is 4.43. The number of nitrogens with one attached hydrogen (secondary N) is 1. The highest BCUT2D eigenvalue weighted by Crippen LogP contribution is 1.99. The van der Waals surface area contributed by atoms with Crippen molar-refractivity contribution in [3.8, 4) is 0 Å². The maximum atomic E-state index is 5.49. The molecule has 4 nitrogen and oxygen atoms in total. The molecule has 0 aromatic heterocycles. The lowest BCUT2D eigenvalue weighted by atomic mass is 10.1. The monoisotopic (exact) mass is 202 g/mol. The quantitative estimate of drug-likeness (QED) is 0.257. The Labute approximate surface area is 84.7 Å². The fraction of sp³-hybridized carbons (Fsp3) is 0.750. The predicted molar refractivity (Wildman–Crippen MR) is 60.6 cm³/mol. The third-order valence-electron chi connectivity index (χ3n) is 1.63. The summed E-state index contributed by atoms with van der Waals surface area (Å²) < 4.78 is 0. The van der Waals surface area contributed by atoms with Gasteiger partial charge in [-0.25, -0.2) is 0 Å². The van der Waals surface area contributed by atoms with Gasteiger partial charge in [0.2, 0.25) is 0 Å². The molecule has 0 rings (SSSR count). The molecule has 0 atom stereocenters. The Balaban J connectivity index is 3.73. The van der Waals surface area contributed by atoms with Crippen LogP contribution in [0, 0.1) is 0 Å². The van der Waals surface area contributed by atoms with Crippen LogP contribution in [0.4, 0.5) is 0 Å². The van der Waals surface area contributed by atoms with Gasteiger partial charge in [-0.05, 0) is 25.1 Å². The van der Waals surface area contributed by atoms with Gasteiger partial charge in [-0.1, -0.05) is 19.8 Å². The lowest BCUT2D eigenvalue weighted by molar-refractivity contribution is 0.736. The third kappa shape index (κ3) is 7.67. The summed E-state index contributed by atoms with van der Waals surface area (Å²) in [4.78, 5) is 0. The molecule has 5 heteroatoms. The van der Waals surface area contributed by atoms with E-state index in [1.54, 1.807) is 0 Å². The lowest BCUT2D eigenvalue weighted by Gasteiger charge is -2.03.